The zero-order valence-electron chi connectivity index (χ0n) is 28.6. The number of carbonyl (C=O) groups is 4. The summed E-state index contributed by atoms with van der Waals surface area (Å²) in [6, 6.07) is 6.03. The minimum Gasteiger partial charge on any atom is -0.480 e. The van der Waals surface area contributed by atoms with Crippen molar-refractivity contribution in [2.75, 3.05) is 24.6 Å². The molecule has 0 saturated carbocycles. The van der Waals surface area contributed by atoms with Crippen LogP contribution >= 0.6 is 0 Å². The molecule has 0 aliphatic carbocycles. The van der Waals surface area contributed by atoms with E-state index in [9.17, 15) is 19.2 Å². The standard InChI is InChI=1S/C16H24N4O3.C9H15NO4.C7H11N3/c1-10-11(5-6-13(17)19-10)9-18-14(21)12-7-8-20(12)15(22)23-16(2,3)4;1-9(2,3)14-8(13)10-5-4-6(10)7(11)12;1-5-6(4-8)2-3-7(9)10-5/h5-6,12H,7-9H2,1-4H3,(H2,17,19)(H,18,21);6H,4-5H2,1-3H3,(H,11,12);2-3H,4,8H2,1H3,(H2,9,10)/t12-;6-;/m00./s1. The predicted molar refractivity (Wildman–Crippen MR) is 177 cm³/mol. The number of carbonyl (C=O) groups excluding carboxylic acids is 3. The molecule has 0 bridgehead atoms. The van der Waals surface area contributed by atoms with Gasteiger partial charge in [-0.15, -0.1) is 0 Å². The molecule has 260 valence electrons. The lowest BCUT2D eigenvalue weighted by Gasteiger charge is -2.40. The van der Waals surface area contributed by atoms with Gasteiger partial charge in [-0.3, -0.25) is 14.6 Å². The number of nitrogens with zero attached hydrogens (tertiary/aromatic N) is 4. The smallest absolute Gasteiger partial charge is 0.411 e. The lowest BCUT2D eigenvalue weighted by molar-refractivity contribution is -0.147. The lowest BCUT2D eigenvalue weighted by Crippen LogP contribution is -2.59. The van der Waals surface area contributed by atoms with Gasteiger partial charge in [0, 0.05) is 37.6 Å². The van der Waals surface area contributed by atoms with E-state index < -0.39 is 41.4 Å². The molecule has 2 aromatic rings. The highest BCUT2D eigenvalue weighted by molar-refractivity contribution is 5.87. The highest BCUT2D eigenvalue weighted by Gasteiger charge is 2.40. The maximum atomic E-state index is 12.3. The number of aromatic nitrogens is 2. The van der Waals surface area contributed by atoms with Gasteiger partial charge in [0.2, 0.25) is 5.91 Å². The Morgan fingerprint density at radius 2 is 1.23 bits per heavy atom. The zero-order valence-corrected chi connectivity index (χ0v) is 28.6. The van der Waals surface area contributed by atoms with Gasteiger partial charge in [-0.1, -0.05) is 12.1 Å². The van der Waals surface area contributed by atoms with Gasteiger partial charge in [-0.25, -0.2) is 24.4 Å². The molecule has 0 aromatic carbocycles. The van der Waals surface area contributed by atoms with Crippen molar-refractivity contribution in [2.24, 2.45) is 5.73 Å². The van der Waals surface area contributed by atoms with Crippen molar-refractivity contribution in [3.63, 3.8) is 0 Å². The Labute approximate surface area is 276 Å². The number of aryl methyl sites for hydroxylation is 2. The van der Waals surface area contributed by atoms with Crippen LogP contribution in [-0.4, -0.2) is 85.3 Å². The number of anilines is 2. The first kappa shape index (κ1) is 38.5. The molecule has 2 atom stereocenters. The van der Waals surface area contributed by atoms with Crippen LogP contribution in [0, 0.1) is 13.8 Å². The number of hydrogen-bond donors (Lipinski definition) is 5. The van der Waals surface area contributed by atoms with Gasteiger partial charge in [0.25, 0.3) is 0 Å². The summed E-state index contributed by atoms with van der Waals surface area (Å²) < 4.78 is 10.3. The Kier molecular flexibility index (Phi) is 13.3. The Morgan fingerprint density at radius 1 is 0.809 bits per heavy atom. The van der Waals surface area contributed by atoms with Gasteiger partial charge in [-0.2, -0.15) is 0 Å². The van der Waals surface area contributed by atoms with Crippen LogP contribution in [0.1, 0.15) is 76.9 Å². The van der Waals surface area contributed by atoms with Crippen LogP contribution in [0.4, 0.5) is 21.2 Å². The van der Waals surface area contributed by atoms with Crippen molar-refractivity contribution in [3.8, 4) is 0 Å². The molecule has 2 saturated heterocycles. The quantitative estimate of drug-likeness (QED) is 0.312. The summed E-state index contributed by atoms with van der Waals surface area (Å²) in [5, 5.41) is 11.5. The van der Waals surface area contributed by atoms with Crippen LogP contribution in [0.3, 0.4) is 0 Å². The minimum absolute atomic E-state index is 0.182. The van der Waals surface area contributed by atoms with E-state index in [1.807, 2.05) is 26.0 Å². The molecule has 4 heterocycles. The van der Waals surface area contributed by atoms with Gasteiger partial charge in [0.15, 0.2) is 0 Å². The van der Waals surface area contributed by atoms with E-state index in [-0.39, 0.29) is 5.91 Å². The summed E-state index contributed by atoms with van der Waals surface area (Å²) >= 11 is 0. The molecule has 47 heavy (non-hydrogen) atoms. The zero-order chi connectivity index (χ0) is 35.7. The molecular formula is C32H50N8O7. The summed E-state index contributed by atoms with van der Waals surface area (Å²) in [6.45, 7) is 16.3. The highest BCUT2D eigenvalue weighted by atomic mass is 16.6. The summed E-state index contributed by atoms with van der Waals surface area (Å²) in [5.41, 5.74) is 19.0. The highest BCUT2D eigenvalue weighted by Crippen LogP contribution is 2.22. The Balaban J connectivity index is 0.000000271. The maximum Gasteiger partial charge on any atom is 0.411 e. The summed E-state index contributed by atoms with van der Waals surface area (Å²) in [4.78, 5) is 57.2. The van der Waals surface area contributed by atoms with Crippen molar-refractivity contribution in [1.29, 1.82) is 0 Å². The SMILES string of the molecule is CC(C)(C)OC(=O)N1CC[C@H]1C(=O)O.Cc1nc(N)ccc1CN.Cc1nc(N)ccc1CNC(=O)[C@@H]1CCN1C(=O)OC(C)(C)C. The lowest BCUT2D eigenvalue weighted by atomic mass is 10.0. The molecule has 8 N–H and O–H groups in total. The number of nitrogen functional groups attached to an aromatic ring is 2. The van der Waals surface area contributed by atoms with E-state index in [1.54, 1.807) is 53.7 Å². The van der Waals surface area contributed by atoms with Gasteiger partial charge >= 0.3 is 18.2 Å². The molecule has 2 aliphatic heterocycles. The Morgan fingerprint density at radius 3 is 1.57 bits per heavy atom. The average Bonchev–Trinajstić information content (AvgIpc) is 2.85. The third-order valence-electron chi connectivity index (χ3n) is 6.99. The maximum absolute atomic E-state index is 12.3. The van der Waals surface area contributed by atoms with Crippen molar-refractivity contribution in [1.82, 2.24) is 25.1 Å². The first-order valence-electron chi connectivity index (χ1n) is 15.4. The van der Waals surface area contributed by atoms with Crippen molar-refractivity contribution >= 4 is 35.7 Å². The number of pyridine rings is 2. The second kappa shape index (κ2) is 16.3. The van der Waals surface area contributed by atoms with E-state index in [0.29, 0.717) is 50.7 Å². The van der Waals surface area contributed by atoms with Crippen molar-refractivity contribution in [2.45, 2.75) is 105 Å². The number of amides is 3. The molecule has 0 spiro atoms. The molecule has 2 aliphatic rings. The van der Waals surface area contributed by atoms with Gasteiger partial charge in [0.05, 0.1) is 0 Å². The Bertz CT molecular complexity index is 1420. The van der Waals surface area contributed by atoms with Crippen LogP contribution in [0.2, 0.25) is 0 Å². The molecule has 2 aromatic heterocycles. The fourth-order valence-electron chi connectivity index (χ4n) is 4.30. The summed E-state index contributed by atoms with van der Waals surface area (Å²) in [6.07, 6.45) is 0.156. The first-order valence-corrected chi connectivity index (χ1v) is 15.4. The topological polar surface area (TPSA) is 229 Å². The second-order valence-electron chi connectivity index (χ2n) is 13.2. The first-order chi connectivity index (χ1) is 21.7. The molecule has 15 heteroatoms. The molecular weight excluding hydrogens is 608 g/mol. The Hall–Kier alpha value is -4.66. The molecule has 3 amide bonds. The molecule has 2 fully saturated rings. The van der Waals surface area contributed by atoms with Gasteiger partial charge in [-0.05, 0) is 91.5 Å². The molecule has 0 radical (unpaired) electrons. The van der Waals surface area contributed by atoms with Crippen LogP contribution in [0.25, 0.3) is 0 Å². The van der Waals surface area contributed by atoms with E-state index in [2.05, 4.69) is 15.3 Å². The van der Waals surface area contributed by atoms with Crippen LogP contribution in [0.5, 0.6) is 0 Å². The average molecular weight is 659 g/mol. The number of aliphatic carboxylic acids is 1. The molecule has 15 nitrogen and oxygen atoms in total. The number of likely N-dealkylation sites (tertiary alicyclic amines) is 2. The molecule has 4 rings (SSSR count). The second-order valence-corrected chi connectivity index (χ2v) is 13.2. The van der Waals surface area contributed by atoms with Crippen molar-refractivity contribution in [3.05, 3.63) is 46.8 Å². The number of nitrogens with two attached hydrogens (primary N) is 3. The van der Waals surface area contributed by atoms with Crippen LogP contribution < -0.4 is 22.5 Å². The number of nitrogens with one attached hydrogen (secondary N) is 1. The number of ether oxygens (including phenoxy) is 2. The van der Waals surface area contributed by atoms with Gasteiger partial charge < -0.3 is 37.1 Å². The number of carboxylic acids is 1. The van der Waals surface area contributed by atoms with Crippen molar-refractivity contribution < 1.29 is 33.8 Å². The normalized spacial score (nSPS) is 17.0. The third kappa shape index (κ3) is 12.2. The largest absolute Gasteiger partial charge is 0.480 e. The van der Waals surface area contributed by atoms with E-state index in [0.717, 1.165) is 22.5 Å². The number of rotatable bonds is 5. The predicted octanol–water partition coefficient (Wildman–Crippen LogP) is 3.11. The third-order valence-corrected chi connectivity index (χ3v) is 6.99. The minimum atomic E-state index is -0.970. The fraction of sp³-hybridized carbons (Fsp3) is 0.562. The summed E-state index contributed by atoms with van der Waals surface area (Å²) in [7, 11) is 0. The fourth-order valence-corrected chi connectivity index (χ4v) is 4.30. The van der Waals surface area contributed by atoms with E-state index in [4.69, 9.17) is 31.8 Å². The summed E-state index contributed by atoms with van der Waals surface area (Å²) in [5.74, 6) is -0.150. The van der Waals surface area contributed by atoms with Crippen LogP contribution in [-0.2, 0) is 32.2 Å². The van der Waals surface area contributed by atoms with Gasteiger partial charge in [0.1, 0.15) is 34.9 Å². The number of carboxylic acid groups (broad SMARTS) is 1. The van der Waals surface area contributed by atoms with E-state index in [1.165, 1.54) is 9.80 Å². The number of hydrogen-bond acceptors (Lipinski definition) is 11. The van der Waals surface area contributed by atoms with E-state index >= 15 is 0 Å². The molecule has 0 unspecified atom stereocenters. The monoisotopic (exact) mass is 658 g/mol. The van der Waals surface area contributed by atoms with Crippen LogP contribution in [0.15, 0.2) is 24.3 Å².